The van der Waals surface area contributed by atoms with Crippen molar-refractivity contribution in [3.63, 3.8) is 0 Å². The molecule has 0 aromatic rings. The Labute approximate surface area is 119 Å². The summed E-state index contributed by atoms with van der Waals surface area (Å²) in [6, 6.07) is 0. The van der Waals surface area contributed by atoms with Crippen molar-refractivity contribution in [1.82, 2.24) is 4.90 Å². The Kier molecular flexibility index (Phi) is 6.75. The lowest BCUT2D eigenvalue weighted by molar-refractivity contribution is -0.170. The Morgan fingerprint density at radius 2 is 1.80 bits per heavy atom. The summed E-state index contributed by atoms with van der Waals surface area (Å²) in [6.07, 6.45) is -2.51. The van der Waals surface area contributed by atoms with E-state index in [2.05, 4.69) is 0 Å². The summed E-state index contributed by atoms with van der Waals surface area (Å²) in [7, 11) is 0. The van der Waals surface area contributed by atoms with Crippen LogP contribution in [0.5, 0.6) is 0 Å². The Balaban J connectivity index is 2.54. The highest BCUT2D eigenvalue weighted by atomic mass is 19.4. The van der Waals surface area contributed by atoms with E-state index in [1.807, 2.05) is 20.8 Å². The maximum atomic E-state index is 12.5. The first-order valence-electron chi connectivity index (χ1n) is 7.35. The van der Waals surface area contributed by atoms with E-state index in [4.69, 9.17) is 4.74 Å². The van der Waals surface area contributed by atoms with E-state index < -0.39 is 18.9 Å². The topological polar surface area (TPSA) is 32.7 Å². The van der Waals surface area contributed by atoms with Crippen molar-refractivity contribution in [3.8, 4) is 0 Å². The number of rotatable bonds is 6. The van der Waals surface area contributed by atoms with Crippen molar-refractivity contribution in [2.24, 2.45) is 5.92 Å². The maximum Gasteiger partial charge on any atom is 0.401 e. The van der Waals surface area contributed by atoms with Crippen LogP contribution in [0, 0.1) is 5.92 Å². The van der Waals surface area contributed by atoms with Crippen LogP contribution in [0.1, 0.15) is 46.5 Å². The predicted octanol–water partition coefficient (Wildman–Crippen LogP) is 3.17. The normalized spacial score (nSPS) is 29.7. The highest BCUT2D eigenvalue weighted by Crippen LogP contribution is 2.29. The molecule has 3 atom stereocenters. The molecular formula is C14H26F3NO2. The van der Waals surface area contributed by atoms with Crippen LogP contribution < -0.4 is 0 Å². The molecule has 0 spiro atoms. The van der Waals surface area contributed by atoms with Crippen molar-refractivity contribution < 1.29 is 23.0 Å². The quantitative estimate of drug-likeness (QED) is 0.764. The van der Waals surface area contributed by atoms with Crippen LogP contribution in [0.2, 0.25) is 0 Å². The van der Waals surface area contributed by atoms with Gasteiger partial charge in [-0.3, -0.25) is 4.90 Å². The van der Waals surface area contributed by atoms with E-state index >= 15 is 0 Å². The molecule has 1 aliphatic rings. The zero-order chi connectivity index (χ0) is 15.3. The fraction of sp³-hybridized carbons (Fsp3) is 1.00. The molecule has 1 fully saturated rings. The maximum absolute atomic E-state index is 12.5. The number of aliphatic hydroxyl groups excluding tert-OH is 1. The molecule has 0 amide bonds. The van der Waals surface area contributed by atoms with Gasteiger partial charge in [-0.05, 0) is 45.4 Å². The zero-order valence-electron chi connectivity index (χ0n) is 12.5. The Morgan fingerprint density at radius 1 is 1.25 bits per heavy atom. The van der Waals surface area contributed by atoms with Crippen LogP contribution in [0.4, 0.5) is 13.2 Å². The van der Waals surface area contributed by atoms with Gasteiger partial charge in [0, 0.05) is 6.54 Å². The van der Waals surface area contributed by atoms with Gasteiger partial charge in [0.05, 0.1) is 18.8 Å². The molecule has 1 saturated heterocycles. The largest absolute Gasteiger partial charge is 0.401 e. The molecule has 1 rings (SSSR count). The average Bonchev–Trinajstić information content (AvgIpc) is 2.25. The monoisotopic (exact) mass is 297 g/mol. The minimum absolute atomic E-state index is 0.109. The van der Waals surface area contributed by atoms with Crippen LogP contribution in [0.15, 0.2) is 0 Å². The van der Waals surface area contributed by atoms with Gasteiger partial charge in [-0.2, -0.15) is 13.2 Å². The molecule has 0 aliphatic carbocycles. The van der Waals surface area contributed by atoms with Crippen LogP contribution in [0.25, 0.3) is 0 Å². The zero-order valence-corrected chi connectivity index (χ0v) is 12.5. The van der Waals surface area contributed by atoms with E-state index in [1.165, 1.54) is 0 Å². The van der Waals surface area contributed by atoms with Crippen molar-refractivity contribution >= 4 is 0 Å². The molecule has 120 valence electrons. The van der Waals surface area contributed by atoms with Crippen LogP contribution in [-0.2, 0) is 4.74 Å². The third-order valence-corrected chi connectivity index (χ3v) is 3.65. The van der Waals surface area contributed by atoms with Gasteiger partial charge in [-0.1, -0.05) is 6.92 Å². The standard InChI is InChI=1S/C14H26F3NO2/c1-4-5-18(9-14(15,16)17)13(19)8-12-6-10(2)20-11(3)7-12/h10-13,19H,4-9H2,1-3H3. The van der Waals surface area contributed by atoms with Gasteiger partial charge >= 0.3 is 6.18 Å². The van der Waals surface area contributed by atoms with Gasteiger partial charge in [0.2, 0.25) is 0 Å². The molecule has 0 bridgehead atoms. The van der Waals surface area contributed by atoms with Crippen LogP contribution in [0.3, 0.4) is 0 Å². The van der Waals surface area contributed by atoms with E-state index in [-0.39, 0.29) is 24.7 Å². The minimum atomic E-state index is -4.27. The molecule has 6 heteroatoms. The molecule has 3 nitrogen and oxygen atoms in total. The molecule has 0 aromatic carbocycles. The summed E-state index contributed by atoms with van der Waals surface area (Å²) in [4.78, 5) is 1.13. The van der Waals surface area contributed by atoms with Crippen LogP contribution in [-0.4, -0.2) is 47.7 Å². The summed E-state index contributed by atoms with van der Waals surface area (Å²) < 4.78 is 43.2. The molecule has 1 heterocycles. The lowest BCUT2D eigenvalue weighted by Crippen LogP contribution is -2.44. The Bertz CT molecular complexity index is 276. The number of alkyl halides is 3. The second-order valence-corrected chi connectivity index (χ2v) is 5.90. The van der Waals surface area contributed by atoms with Gasteiger partial charge in [-0.25, -0.2) is 0 Å². The van der Waals surface area contributed by atoms with Crippen molar-refractivity contribution in [2.45, 2.75) is 71.1 Å². The molecule has 1 aliphatic heterocycles. The number of ether oxygens (including phenoxy) is 1. The molecule has 0 radical (unpaired) electrons. The number of nitrogens with zero attached hydrogens (tertiary/aromatic N) is 1. The number of hydrogen-bond donors (Lipinski definition) is 1. The fourth-order valence-electron chi connectivity index (χ4n) is 3.03. The second-order valence-electron chi connectivity index (χ2n) is 5.90. The minimum Gasteiger partial charge on any atom is -0.378 e. The predicted molar refractivity (Wildman–Crippen MR) is 71.3 cm³/mol. The molecular weight excluding hydrogens is 271 g/mol. The summed E-state index contributed by atoms with van der Waals surface area (Å²) in [6.45, 7) is 4.96. The second kappa shape index (κ2) is 7.61. The molecule has 20 heavy (non-hydrogen) atoms. The van der Waals surface area contributed by atoms with E-state index in [0.29, 0.717) is 12.8 Å². The van der Waals surface area contributed by atoms with Gasteiger partial charge in [0.25, 0.3) is 0 Å². The van der Waals surface area contributed by atoms with E-state index in [9.17, 15) is 18.3 Å². The number of aliphatic hydroxyl groups is 1. The SMILES string of the molecule is CCCN(CC(F)(F)F)C(O)CC1CC(C)OC(C)C1. The first-order valence-corrected chi connectivity index (χ1v) is 7.35. The van der Waals surface area contributed by atoms with Crippen molar-refractivity contribution in [1.29, 1.82) is 0 Å². The van der Waals surface area contributed by atoms with E-state index in [0.717, 1.165) is 17.7 Å². The Hall–Kier alpha value is -0.330. The van der Waals surface area contributed by atoms with Gasteiger partial charge < -0.3 is 9.84 Å². The summed E-state index contributed by atoms with van der Waals surface area (Å²) in [5.74, 6) is 0.219. The lowest BCUT2D eigenvalue weighted by atomic mass is 9.89. The van der Waals surface area contributed by atoms with Crippen LogP contribution >= 0.6 is 0 Å². The Morgan fingerprint density at radius 3 is 2.25 bits per heavy atom. The van der Waals surface area contributed by atoms with Crippen molar-refractivity contribution in [2.75, 3.05) is 13.1 Å². The van der Waals surface area contributed by atoms with Crippen molar-refractivity contribution in [3.05, 3.63) is 0 Å². The summed E-state index contributed by atoms with van der Waals surface area (Å²) in [5.41, 5.74) is 0. The first-order chi connectivity index (χ1) is 9.21. The molecule has 3 unspecified atom stereocenters. The molecule has 1 N–H and O–H groups in total. The summed E-state index contributed by atoms with van der Waals surface area (Å²) >= 11 is 0. The average molecular weight is 297 g/mol. The number of hydrogen-bond acceptors (Lipinski definition) is 3. The number of halogens is 3. The fourth-order valence-corrected chi connectivity index (χ4v) is 3.03. The third-order valence-electron chi connectivity index (χ3n) is 3.65. The van der Waals surface area contributed by atoms with Gasteiger partial charge in [-0.15, -0.1) is 0 Å². The summed E-state index contributed by atoms with van der Waals surface area (Å²) in [5, 5.41) is 10.1. The van der Waals surface area contributed by atoms with E-state index in [1.54, 1.807) is 0 Å². The smallest absolute Gasteiger partial charge is 0.378 e. The third kappa shape index (κ3) is 6.41. The highest BCUT2D eigenvalue weighted by molar-refractivity contribution is 4.77. The van der Waals surface area contributed by atoms with Gasteiger partial charge in [0.1, 0.15) is 6.23 Å². The van der Waals surface area contributed by atoms with Gasteiger partial charge in [0.15, 0.2) is 0 Å². The lowest BCUT2D eigenvalue weighted by Gasteiger charge is -2.36. The highest BCUT2D eigenvalue weighted by Gasteiger charge is 2.34. The molecule has 0 aromatic heterocycles. The molecule has 0 saturated carbocycles. The first kappa shape index (κ1) is 17.7.